The number of aryl methyl sites for hydroxylation is 2. The number of methoxy groups -OCH3 is 1. The summed E-state index contributed by atoms with van der Waals surface area (Å²) in [6.07, 6.45) is 0. The summed E-state index contributed by atoms with van der Waals surface area (Å²) in [5.74, 6) is 0.455. The number of hydrogen-bond donors (Lipinski definition) is 1. The van der Waals surface area contributed by atoms with Gasteiger partial charge in [-0.05, 0) is 37.6 Å². The van der Waals surface area contributed by atoms with Crippen LogP contribution in [0.3, 0.4) is 0 Å². The molecule has 1 aromatic heterocycles. The van der Waals surface area contributed by atoms with Crippen LogP contribution in [0.5, 0.6) is 0 Å². The highest BCUT2D eigenvalue weighted by atomic mass is 16.5. The average Bonchev–Trinajstić information content (AvgIpc) is 2.82. The van der Waals surface area contributed by atoms with Crippen molar-refractivity contribution in [3.05, 3.63) is 46.8 Å². The molecule has 2 rings (SSSR count). The molecule has 5 nitrogen and oxygen atoms in total. The molecule has 0 aliphatic heterocycles. The Morgan fingerprint density at radius 3 is 2.74 bits per heavy atom. The van der Waals surface area contributed by atoms with E-state index in [0.717, 1.165) is 22.7 Å². The van der Waals surface area contributed by atoms with Crippen LogP contribution in [0.25, 0.3) is 0 Å². The van der Waals surface area contributed by atoms with Crippen LogP contribution in [0.4, 0.5) is 5.69 Å². The van der Waals surface area contributed by atoms with Crippen molar-refractivity contribution in [2.24, 2.45) is 0 Å². The summed E-state index contributed by atoms with van der Waals surface area (Å²) in [6.45, 7) is 4.37. The average molecular weight is 260 g/mol. The first kappa shape index (κ1) is 13.1. The minimum absolute atomic E-state index is 0.332. The Hall–Kier alpha value is -2.30. The van der Waals surface area contributed by atoms with E-state index in [-0.39, 0.29) is 5.97 Å². The number of carbonyl (C=O) groups excluding carboxylic acids is 1. The standard InChI is InChI=1S/C14H16N2O3/c1-9-6-11(14(17)18-3)4-5-13(9)15-8-12-7-10(2)19-16-12/h4-7,15H,8H2,1-3H3. The number of ether oxygens (including phenoxy) is 1. The molecule has 0 fully saturated rings. The van der Waals surface area contributed by atoms with Gasteiger partial charge in [0.05, 0.1) is 19.2 Å². The molecule has 0 amide bonds. The summed E-state index contributed by atoms with van der Waals surface area (Å²) in [4.78, 5) is 11.4. The van der Waals surface area contributed by atoms with Crippen molar-refractivity contribution >= 4 is 11.7 Å². The maximum absolute atomic E-state index is 11.4. The topological polar surface area (TPSA) is 64.4 Å². The molecule has 0 saturated heterocycles. The molecule has 0 aliphatic carbocycles. The predicted octanol–water partition coefficient (Wildman–Crippen LogP) is 2.69. The molecule has 2 aromatic rings. The summed E-state index contributed by atoms with van der Waals surface area (Å²) >= 11 is 0. The maximum atomic E-state index is 11.4. The van der Waals surface area contributed by atoms with Gasteiger partial charge in [-0.3, -0.25) is 0 Å². The Labute approximate surface area is 111 Å². The number of aromatic nitrogens is 1. The third-order valence-electron chi connectivity index (χ3n) is 2.78. The van der Waals surface area contributed by atoms with Gasteiger partial charge in [-0.25, -0.2) is 4.79 Å². The highest BCUT2D eigenvalue weighted by molar-refractivity contribution is 5.90. The number of nitrogens with one attached hydrogen (secondary N) is 1. The first-order chi connectivity index (χ1) is 9.10. The fraction of sp³-hybridized carbons (Fsp3) is 0.286. The lowest BCUT2D eigenvalue weighted by molar-refractivity contribution is 0.0600. The molecule has 0 unspecified atom stereocenters. The number of carbonyl (C=O) groups is 1. The normalized spacial score (nSPS) is 10.3. The van der Waals surface area contributed by atoms with E-state index in [2.05, 4.69) is 15.2 Å². The Kier molecular flexibility index (Phi) is 3.85. The van der Waals surface area contributed by atoms with Crippen LogP contribution in [0.1, 0.15) is 27.4 Å². The molecular weight excluding hydrogens is 244 g/mol. The lowest BCUT2D eigenvalue weighted by atomic mass is 10.1. The van der Waals surface area contributed by atoms with E-state index in [1.165, 1.54) is 7.11 Å². The van der Waals surface area contributed by atoms with E-state index in [1.54, 1.807) is 12.1 Å². The van der Waals surface area contributed by atoms with Gasteiger partial charge in [0.25, 0.3) is 0 Å². The van der Waals surface area contributed by atoms with Crippen LogP contribution < -0.4 is 5.32 Å². The van der Waals surface area contributed by atoms with Gasteiger partial charge >= 0.3 is 5.97 Å². The maximum Gasteiger partial charge on any atom is 0.337 e. The van der Waals surface area contributed by atoms with Gasteiger partial charge in [-0.2, -0.15) is 0 Å². The zero-order valence-electron chi connectivity index (χ0n) is 11.2. The summed E-state index contributed by atoms with van der Waals surface area (Å²) in [6, 6.07) is 7.26. The second-order valence-corrected chi connectivity index (χ2v) is 4.30. The van der Waals surface area contributed by atoms with Gasteiger partial charge in [0, 0.05) is 11.8 Å². The van der Waals surface area contributed by atoms with Crippen LogP contribution in [0, 0.1) is 13.8 Å². The molecule has 5 heteroatoms. The number of anilines is 1. The van der Waals surface area contributed by atoms with Crippen LogP contribution in [-0.2, 0) is 11.3 Å². The van der Waals surface area contributed by atoms with Crippen LogP contribution >= 0.6 is 0 Å². The molecule has 0 aliphatic rings. The van der Waals surface area contributed by atoms with E-state index in [4.69, 9.17) is 4.52 Å². The molecule has 0 saturated carbocycles. The minimum atomic E-state index is -0.332. The fourth-order valence-corrected chi connectivity index (χ4v) is 1.79. The number of benzene rings is 1. The zero-order valence-corrected chi connectivity index (χ0v) is 11.2. The lowest BCUT2D eigenvalue weighted by Gasteiger charge is -2.09. The zero-order chi connectivity index (χ0) is 13.8. The monoisotopic (exact) mass is 260 g/mol. The molecule has 0 spiro atoms. The van der Waals surface area contributed by atoms with Gasteiger partial charge in [0.2, 0.25) is 0 Å². The van der Waals surface area contributed by atoms with Gasteiger partial charge in [0.15, 0.2) is 0 Å². The summed E-state index contributed by atoms with van der Waals surface area (Å²) in [7, 11) is 1.37. The Morgan fingerprint density at radius 1 is 1.37 bits per heavy atom. The third kappa shape index (κ3) is 3.13. The van der Waals surface area contributed by atoms with Crippen LogP contribution in [-0.4, -0.2) is 18.2 Å². The summed E-state index contributed by atoms with van der Waals surface area (Å²) < 4.78 is 9.68. The lowest BCUT2D eigenvalue weighted by Crippen LogP contribution is -2.04. The quantitative estimate of drug-likeness (QED) is 0.856. The van der Waals surface area contributed by atoms with Gasteiger partial charge in [-0.15, -0.1) is 0 Å². The number of esters is 1. The van der Waals surface area contributed by atoms with Crippen molar-refractivity contribution in [2.75, 3.05) is 12.4 Å². The Morgan fingerprint density at radius 2 is 2.16 bits per heavy atom. The second kappa shape index (κ2) is 5.56. The molecule has 1 aromatic carbocycles. The Balaban J connectivity index is 2.07. The second-order valence-electron chi connectivity index (χ2n) is 4.30. The van der Waals surface area contributed by atoms with Gasteiger partial charge in [0.1, 0.15) is 11.5 Å². The highest BCUT2D eigenvalue weighted by Gasteiger charge is 2.08. The van der Waals surface area contributed by atoms with Crippen molar-refractivity contribution in [3.63, 3.8) is 0 Å². The molecule has 0 bridgehead atoms. The van der Waals surface area contributed by atoms with E-state index in [1.807, 2.05) is 26.0 Å². The van der Waals surface area contributed by atoms with Crippen molar-refractivity contribution < 1.29 is 14.1 Å². The SMILES string of the molecule is COC(=O)c1ccc(NCc2cc(C)on2)c(C)c1. The number of nitrogens with zero attached hydrogens (tertiary/aromatic N) is 1. The van der Waals surface area contributed by atoms with Crippen molar-refractivity contribution in [3.8, 4) is 0 Å². The molecular formula is C14H16N2O3. The van der Waals surface area contributed by atoms with Crippen LogP contribution in [0.15, 0.2) is 28.8 Å². The molecule has 1 heterocycles. The van der Waals surface area contributed by atoms with E-state index < -0.39 is 0 Å². The summed E-state index contributed by atoms with van der Waals surface area (Å²) in [5, 5.41) is 7.16. The molecule has 0 atom stereocenters. The minimum Gasteiger partial charge on any atom is -0.465 e. The van der Waals surface area contributed by atoms with Crippen LogP contribution in [0.2, 0.25) is 0 Å². The predicted molar refractivity (Wildman–Crippen MR) is 71.1 cm³/mol. The first-order valence-corrected chi connectivity index (χ1v) is 5.95. The van der Waals surface area contributed by atoms with Crippen molar-refractivity contribution in [1.29, 1.82) is 0 Å². The smallest absolute Gasteiger partial charge is 0.337 e. The largest absolute Gasteiger partial charge is 0.465 e. The van der Waals surface area contributed by atoms with Crippen molar-refractivity contribution in [1.82, 2.24) is 5.16 Å². The highest BCUT2D eigenvalue weighted by Crippen LogP contribution is 2.18. The van der Waals surface area contributed by atoms with Gasteiger partial charge in [-0.1, -0.05) is 5.16 Å². The molecule has 0 radical (unpaired) electrons. The van der Waals surface area contributed by atoms with E-state index in [0.29, 0.717) is 12.1 Å². The summed E-state index contributed by atoms with van der Waals surface area (Å²) in [5.41, 5.74) is 3.31. The first-order valence-electron chi connectivity index (χ1n) is 5.95. The van der Waals surface area contributed by atoms with E-state index >= 15 is 0 Å². The fourth-order valence-electron chi connectivity index (χ4n) is 1.79. The molecule has 1 N–H and O–H groups in total. The number of rotatable bonds is 4. The van der Waals surface area contributed by atoms with Gasteiger partial charge < -0.3 is 14.6 Å². The number of hydrogen-bond acceptors (Lipinski definition) is 5. The van der Waals surface area contributed by atoms with E-state index in [9.17, 15) is 4.79 Å². The molecule has 19 heavy (non-hydrogen) atoms. The molecule has 100 valence electrons. The van der Waals surface area contributed by atoms with Crippen molar-refractivity contribution in [2.45, 2.75) is 20.4 Å². The third-order valence-corrected chi connectivity index (χ3v) is 2.78. The Bertz CT molecular complexity index is 590.